The van der Waals surface area contributed by atoms with Crippen LogP contribution < -0.4 is 0 Å². The number of nitro groups is 1. The average Bonchev–Trinajstić information content (AvgIpc) is 2.55. The zero-order valence-corrected chi connectivity index (χ0v) is 10.9. The summed E-state index contributed by atoms with van der Waals surface area (Å²) in [5.74, 6) is 0. The third kappa shape index (κ3) is 2.46. The molecule has 21 heavy (non-hydrogen) atoms. The van der Waals surface area contributed by atoms with Gasteiger partial charge in [-0.25, -0.2) is 4.98 Å². The number of hydrogen-bond acceptors (Lipinski definition) is 5. The Morgan fingerprint density at radius 2 is 1.38 bits per heavy atom. The summed E-state index contributed by atoms with van der Waals surface area (Å²) in [6.45, 7) is 0. The van der Waals surface area contributed by atoms with Gasteiger partial charge >= 0.3 is 5.69 Å². The lowest BCUT2D eigenvalue weighted by Crippen LogP contribution is -1.98. The van der Waals surface area contributed by atoms with Gasteiger partial charge in [0.1, 0.15) is 5.69 Å². The first kappa shape index (κ1) is 12.9. The van der Waals surface area contributed by atoms with Crippen molar-refractivity contribution in [2.24, 2.45) is 0 Å². The van der Waals surface area contributed by atoms with Crippen LogP contribution in [0.5, 0.6) is 0 Å². The summed E-state index contributed by atoms with van der Waals surface area (Å²) in [5, 5.41) is 11.5. The second-order valence-electron chi connectivity index (χ2n) is 4.28. The molecule has 102 valence electrons. The zero-order valence-electron chi connectivity index (χ0n) is 10.9. The van der Waals surface area contributed by atoms with Crippen molar-refractivity contribution in [3.63, 3.8) is 0 Å². The molecule has 0 radical (unpaired) electrons. The topological polar surface area (TPSA) is 81.8 Å². The third-order valence-electron chi connectivity index (χ3n) is 3.05. The van der Waals surface area contributed by atoms with E-state index in [1.807, 2.05) is 0 Å². The number of nitrogens with zero attached hydrogens (tertiary/aromatic N) is 4. The second kappa shape index (κ2) is 5.46. The molecule has 0 atom stereocenters. The molecule has 6 nitrogen and oxygen atoms in total. The van der Waals surface area contributed by atoms with Gasteiger partial charge in [0.25, 0.3) is 0 Å². The van der Waals surface area contributed by atoms with Crippen LogP contribution in [0.4, 0.5) is 5.69 Å². The highest BCUT2D eigenvalue weighted by Crippen LogP contribution is 2.36. The lowest BCUT2D eigenvalue weighted by atomic mass is 10.0. The molecule has 3 rings (SSSR count). The molecule has 3 heterocycles. The molecule has 0 spiro atoms. The quantitative estimate of drug-likeness (QED) is 0.543. The minimum absolute atomic E-state index is 0.0186. The molecule has 0 amide bonds. The van der Waals surface area contributed by atoms with Crippen LogP contribution in [0.3, 0.4) is 0 Å². The third-order valence-corrected chi connectivity index (χ3v) is 3.05. The van der Waals surface area contributed by atoms with Crippen molar-refractivity contribution in [2.75, 3.05) is 0 Å². The molecule has 0 saturated heterocycles. The normalized spacial score (nSPS) is 10.3. The molecule has 0 aliphatic rings. The van der Waals surface area contributed by atoms with Crippen molar-refractivity contribution < 1.29 is 4.92 Å². The fourth-order valence-electron chi connectivity index (χ4n) is 2.12. The first-order valence-corrected chi connectivity index (χ1v) is 6.21. The zero-order chi connectivity index (χ0) is 14.7. The molecule has 0 aromatic carbocycles. The molecule has 0 fully saturated rings. The van der Waals surface area contributed by atoms with Crippen molar-refractivity contribution in [3.05, 3.63) is 71.4 Å². The van der Waals surface area contributed by atoms with Gasteiger partial charge in [-0.1, -0.05) is 0 Å². The second-order valence-corrected chi connectivity index (χ2v) is 4.28. The summed E-state index contributed by atoms with van der Waals surface area (Å²) < 4.78 is 0. The molecule has 0 unspecified atom stereocenters. The van der Waals surface area contributed by atoms with Gasteiger partial charge in [0.2, 0.25) is 0 Å². The van der Waals surface area contributed by atoms with Gasteiger partial charge in [0, 0.05) is 36.5 Å². The number of hydrogen-bond donors (Lipinski definition) is 0. The van der Waals surface area contributed by atoms with E-state index in [9.17, 15) is 10.1 Å². The molecule has 3 aromatic rings. The highest BCUT2D eigenvalue weighted by molar-refractivity contribution is 5.83. The van der Waals surface area contributed by atoms with Crippen LogP contribution in [-0.4, -0.2) is 19.9 Å². The van der Waals surface area contributed by atoms with Crippen LogP contribution in [-0.2, 0) is 0 Å². The van der Waals surface area contributed by atoms with Crippen molar-refractivity contribution in [1.82, 2.24) is 15.0 Å². The monoisotopic (exact) mass is 278 g/mol. The summed E-state index contributed by atoms with van der Waals surface area (Å²) >= 11 is 0. The lowest BCUT2D eigenvalue weighted by molar-refractivity contribution is -0.383. The fraction of sp³-hybridized carbons (Fsp3) is 0. The Hall–Kier alpha value is -3.15. The predicted octanol–water partition coefficient (Wildman–Crippen LogP) is 3.11. The Morgan fingerprint density at radius 1 is 0.810 bits per heavy atom. The molecule has 6 heteroatoms. The van der Waals surface area contributed by atoms with E-state index in [0.29, 0.717) is 16.8 Å². The summed E-state index contributed by atoms with van der Waals surface area (Å²) in [7, 11) is 0. The summed E-state index contributed by atoms with van der Waals surface area (Å²) in [4.78, 5) is 23.1. The van der Waals surface area contributed by atoms with Crippen LogP contribution in [0.25, 0.3) is 22.4 Å². The Morgan fingerprint density at radius 3 is 1.95 bits per heavy atom. The molecule has 0 saturated carbocycles. The number of rotatable bonds is 3. The number of pyridine rings is 3. The molecule has 0 aliphatic carbocycles. The van der Waals surface area contributed by atoms with E-state index in [-0.39, 0.29) is 5.69 Å². The van der Waals surface area contributed by atoms with Crippen LogP contribution in [0.2, 0.25) is 0 Å². The molecular formula is C15H10N4O2. The van der Waals surface area contributed by atoms with Gasteiger partial charge in [-0.2, -0.15) is 0 Å². The molecule has 0 bridgehead atoms. The highest BCUT2D eigenvalue weighted by atomic mass is 16.6. The average molecular weight is 278 g/mol. The van der Waals surface area contributed by atoms with E-state index in [2.05, 4.69) is 15.0 Å². The van der Waals surface area contributed by atoms with Gasteiger partial charge < -0.3 is 0 Å². The largest absolute Gasteiger partial charge is 0.303 e. The SMILES string of the molecule is O=[N+]([O-])c1c(-c2ccncc2)ccnc1-c1ccncc1. The van der Waals surface area contributed by atoms with Gasteiger partial charge in [0.15, 0.2) is 0 Å². The highest BCUT2D eigenvalue weighted by Gasteiger charge is 2.23. The van der Waals surface area contributed by atoms with E-state index >= 15 is 0 Å². The summed E-state index contributed by atoms with van der Waals surface area (Å²) in [5.41, 5.74) is 2.22. The minimum atomic E-state index is -0.404. The van der Waals surface area contributed by atoms with Crippen LogP contribution in [0.15, 0.2) is 61.3 Å². The van der Waals surface area contributed by atoms with E-state index < -0.39 is 4.92 Å². The Labute approximate surface area is 120 Å². The molecular weight excluding hydrogens is 268 g/mol. The van der Waals surface area contributed by atoms with Gasteiger partial charge in [-0.3, -0.25) is 20.1 Å². The van der Waals surface area contributed by atoms with Gasteiger partial charge in [0.05, 0.1) is 10.5 Å². The first-order valence-electron chi connectivity index (χ1n) is 6.21. The molecule has 3 aromatic heterocycles. The van der Waals surface area contributed by atoms with Crippen molar-refractivity contribution in [1.29, 1.82) is 0 Å². The maximum absolute atomic E-state index is 11.5. The van der Waals surface area contributed by atoms with Crippen molar-refractivity contribution in [2.45, 2.75) is 0 Å². The van der Waals surface area contributed by atoms with E-state index in [1.54, 1.807) is 61.3 Å². The Balaban J connectivity index is 2.26. The van der Waals surface area contributed by atoms with E-state index in [1.165, 1.54) is 0 Å². The maximum Gasteiger partial charge on any atom is 0.303 e. The van der Waals surface area contributed by atoms with Crippen LogP contribution in [0.1, 0.15) is 0 Å². The Bertz CT molecular complexity index is 718. The first-order chi connectivity index (χ1) is 10.3. The Kier molecular flexibility index (Phi) is 3.34. The smallest absolute Gasteiger partial charge is 0.265 e. The minimum Gasteiger partial charge on any atom is -0.265 e. The molecule has 0 aliphatic heterocycles. The standard InChI is InChI=1S/C15H10N4O2/c20-19(21)15-13(11-1-6-16-7-2-11)5-10-18-14(15)12-3-8-17-9-4-12/h1-10H. The fourth-order valence-corrected chi connectivity index (χ4v) is 2.12. The number of aromatic nitrogens is 3. The van der Waals surface area contributed by atoms with Crippen molar-refractivity contribution >= 4 is 5.69 Å². The van der Waals surface area contributed by atoms with Crippen LogP contribution >= 0.6 is 0 Å². The van der Waals surface area contributed by atoms with Gasteiger partial charge in [-0.15, -0.1) is 0 Å². The predicted molar refractivity (Wildman–Crippen MR) is 77.4 cm³/mol. The van der Waals surface area contributed by atoms with E-state index in [0.717, 1.165) is 5.56 Å². The lowest BCUT2D eigenvalue weighted by Gasteiger charge is -2.07. The van der Waals surface area contributed by atoms with Crippen molar-refractivity contribution in [3.8, 4) is 22.4 Å². The summed E-state index contributed by atoms with van der Waals surface area (Å²) in [6.07, 6.45) is 7.94. The van der Waals surface area contributed by atoms with Gasteiger partial charge in [-0.05, 0) is 35.9 Å². The maximum atomic E-state index is 11.5. The van der Waals surface area contributed by atoms with E-state index in [4.69, 9.17) is 0 Å². The van der Waals surface area contributed by atoms with Crippen LogP contribution in [0, 0.1) is 10.1 Å². The molecule has 0 N–H and O–H groups in total. The summed E-state index contributed by atoms with van der Waals surface area (Å²) in [6, 6.07) is 8.51.